The van der Waals surface area contributed by atoms with Crippen LogP contribution >= 0.6 is 0 Å². The van der Waals surface area contributed by atoms with E-state index in [0.717, 1.165) is 29.2 Å². The fourth-order valence-electron chi connectivity index (χ4n) is 2.77. The van der Waals surface area contributed by atoms with Crippen molar-refractivity contribution in [3.63, 3.8) is 0 Å². The summed E-state index contributed by atoms with van der Waals surface area (Å²) in [6.07, 6.45) is 1.90. The molecule has 0 aliphatic carbocycles. The van der Waals surface area contributed by atoms with Gasteiger partial charge in [0, 0.05) is 18.3 Å². The van der Waals surface area contributed by atoms with Gasteiger partial charge in [-0.1, -0.05) is 48.0 Å². The average molecular weight is 332 g/mol. The van der Waals surface area contributed by atoms with E-state index in [1.54, 1.807) is 0 Å². The predicted octanol–water partition coefficient (Wildman–Crippen LogP) is 4.33. The van der Waals surface area contributed by atoms with Crippen molar-refractivity contribution in [2.45, 2.75) is 27.3 Å². The van der Waals surface area contributed by atoms with Gasteiger partial charge in [0.05, 0.1) is 24.1 Å². The first-order valence-electron chi connectivity index (χ1n) is 8.47. The number of aromatic nitrogens is 2. The normalized spacial score (nSPS) is 11.2. The first-order chi connectivity index (χ1) is 12.0. The summed E-state index contributed by atoms with van der Waals surface area (Å²) in [6.45, 7) is 7.00. The second-order valence-corrected chi connectivity index (χ2v) is 6.33. The van der Waals surface area contributed by atoms with Gasteiger partial charge in [0.15, 0.2) is 0 Å². The molecule has 3 rings (SSSR count). The third-order valence-electron chi connectivity index (χ3n) is 4.38. The molecule has 4 nitrogen and oxygen atoms in total. The fourth-order valence-corrected chi connectivity index (χ4v) is 2.77. The number of hydrazone groups is 1. The largest absolute Gasteiger partial charge is 0.269 e. The van der Waals surface area contributed by atoms with Gasteiger partial charge in [0.2, 0.25) is 0 Å². The second-order valence-electron chi connectivity index (χ2n) is 6.33. The third-order valence-corrected chi connectivity index (χ3v) is 4.38. The zero-order chi connectivity index (χ0) is 17.8. The number of benzene rings is 2. The van der Waals surface area contributed by atoms with Crippen LogP contribution in [0.2, 0.25) is 0 Å². The molecule has 0 N–H and O–H groups in total. The van der Waals surface area contributed by atoms with Gasteiger partial charge in [-0.2, -0.15) is 10.2 Å². The van der Waals surface area contributed by atoms with Crippen molar-refractivity contribution in [3.8, 4) is 0 Å². The van der Waals surface area contributed by atoms with Gasteiger partial charge in [0.25, 0.3) is 0 Å². The first-order valence-corrected chi connectivity index (χ1v) is 8.47. The van der Waals surface area contributed by atoms with Crippen LogP contribution in [0.25, 0.3) is 0 Å². The molecule has 1 aromatic heterocycles. The lowest BCUT2D eigenvalue weighted by Gasteiger charge is -2.12. The maximum absolute atomic E-state index is 4.69. The lowest BCUT2D eigenvalue weighted by atomic mass is 10.1. The molecule has 0 atom stereocenters. The molecule has 0 spiro atoms. The SMILES string of the molecule is Cc1ccc(Cn2nc(C)c(/C=N\N(C)c3ccccc3)c2C)cc1. The number of rotatable bonds is 5. The molecule has 25 heavy (non-hydrogen) atoms. The quantitative estimate of drug-likeness (QED) is 0.515. The molecule has 0 saturated carbocycles. The number of hydrogen-bond acceptors (Lipinski definition) is 3. The van der Waals surface area contributed by atoms with Gasteiger partial charge >= 0.3 is 0 Å². The Morgan fingerprint density at radius 1 is 1.00 bits per heavy atom. The Bertz CT molecular complexity index is 861. The van der Waals surface area contributed by atoms with Gasteiger partial charge < -0.3 is 0 Å². The maximum atomic E-state index is 4.69. The molecule has 1 heterocycles. The van der Waals surface area contributed by atoms with Crippen molar-refractivity contribution in [1.29, 1.82) is 0 Å². The monoisotopic (exact) mass is 332 g/mol. The van der Waals surface area contributed by atoms with Gasteiger partial charge in [0.1, 0.15) is 0 Å². The van der Waals surface area contributed by atoms with E-state index in [4.69, 9.17) is 0 Å². The molecule has 0 saturated heterocycles. The number of anilines is 1. The van der Waals surface area contributed by atoms with E-state index in [-0.39, 0.29) is 0 Å². The van der Waals surface area contributed by atoms with Gasteiger partial charge in [-0.05, 0) is 38.5 Å². The predicted molar refractivity (Wildman–Crippen MR) is 104 cm³/mol. The zero-order valence-corrected chi connectivity index (χ0v) is 15.3. The highest BCUT2D eigenvalue weighted by molar-refractivity contribution is 5.83. The summed E-state index contributed by atoms with van der Waals surface area (Å²) in [7, 11) is 1.95. The van der Waals surface area contributed by atoms with Crippen LogP contribution in [0.5, 0.6) is 0 Å². The molecular weight excluding hydrogens is 308 g/mol. The Labute approximate surface area is 149 Å². The number of hydrogen-bond donors (Lipinski definition) is 0. The highest BCUT2D eigenvalue weighted by Crippen LogP contribution is 2.15. The zero-order valence-electron chi connectivity index (χ0n) is 15.3. The van der Waals surface area contributed by atoms with E-state index in [0.29, 0.717) is 0 Å². The van der Waals surface area contributed by atoms with Crippen molar-refractivity contribution in [1.82, 2.24) is 9.78 Å². The Morgan fingerprint density at radius 2 is 1.68 bits per heavy atom. The Kier molecular flexibility index (Phi) is 4.98. The molecule has 3 aromatic rings. The summed E-state index contributed by atoms with van der Waals surface area (Å²) in [6, 6.07) is 18.7. The van der Waals surface area contributed by atoms with Crippen LogP contribution in [0, 0.1) is 20.8 Å². The van der Waals surface area contributed by atoms with E-state index in [9.17, 15) is 0 Å². The van der Waals surface area contributed by atoms with Crippen molar-refractivity contribution in [2.75, 3.05) is 12.1 Å². The van der Waals surface area contributed by atoms with E-state index in [1.165, 1.54) is 11.1 Å². The lowest BCUT2D eigenvalue weighted by Crippen LogP contribution is -2.09. The van der Waals surface area contributed by atoms with Crippen molar-refractivity contribution in [3.05, 3.63) is 82.7 Å². The average Bonchev–Trinajstić information content (AvgIpc) is 2.89. The molecule has 0 aliphatic heterocycles. The Balaban J connectivity index is 1.79. The van der Waals surface area contributed by atoms with Gasteiger partial charge in [-0.15, -0.1) is 0 Å². The molecule has 4 heteroatoms. The minimum Gasteiger partial charge on any atom is -0.269 e. The highest BCUT2D eigenvalue weighted by atomic mass is 15.4. The molecule has 0 aliphatic rings. The van der Waals surface area contributed by atoms with Crippen LogP contribution in [0.3, 0.4) is 0 Å². The topological polar surface area (TPSA) is 33.4 Å². The molecule has 0 fully saturated rings. The fraction of sp³-hybridized carbons (Fsp3) is 0.238. The molecule has 0 radical (unpaired) electrons. The minimum absolute atomic E-state index is 0.773. The standard InChI is InChI=1S/C21H24N4/c1-16-10-12-19(13-11-16)15-25-18(3)21(17(2)23-25)14-22-24(4)20-8-6-5-7-9-20/h5-14H,15H2,1-4H3/b22-14-. The van der Waals surface area contributed by atoms with Crippen LogP contribution in [0.4, 0.5) is 5.69 Å². The maximum Gasteiger partial charge on any atom is 0.0685 e. The number of para-hydroxylation sites is 1. The van der Waals surface area contributed by atoms with Crippen molar-refractivity contribution in [2.24, 2.45) is 5.10 Å². The first kappa shape index (κ1) is 17.0. The smallest absolute Gasteiger partial charge is 0.0685 e. The van der Waals surface area contributed by atoms with Gasteiger partial charge in [-0.25, -0.2) is 0 Å². The molecule has 0 bridgehead atoms. The van der Waals surface area contributed by atoms with E-state index in [2.05, 4.69) is 48.3 Å². The minimum atomic E-state index is 0.773. The number of nitrogens with zero attached hydrogens (tertiary/aromatic N) is 4. The van der Waals surface area contributed by atoms with E-state index in [1.807, 2.05) is 60.2 Å². The summed E-state index contributed by atoms with van der Waals surface area (Å²) in [5, 5.41) is 11.1. The van der Waals surface area contributed by atoms with Crippen LogP contribution in [0.1, 0.15) is 28.1 Å². The highest BCUT2D eigenvalue weighted by Gasteiger charge is 2.10. The Hall–Kier alpha value is -2.88. The lowest BCUT2D eigenvalue weighted by molar-refractivity contribution is 0.659. The van der Waals surface area contributed by atoms with Crippen LogP contribution < -0.4 is 5.01 Å². The van der Waals surface area contributed by atoms with Crippen LogP contribution in [-0.2, 0) is 6.54 Å². The van der Waals surface area contributed by atoms with Crippen LogP contribution in [0.15, 0.2) is 59.7 Å². The summed E-state index contributed by atoms with van der Waals surface area (Å²) < 4.78 is 2.05. The van der Waals surface area contributed by atoms with Crippen molar-refractivity contribution < 1.29 is 0 Å². The molecular formula is C21H24N4. The van der Waals surface area contributed by atoms with Gasteiger partial charge in [-0.3, -0.25) is 9.69 Å². The van der Waals surface area contributed by atoms with Crippen molar-refractivity contribution >= 4 is 11.9 Å². The number of aryl methyl sites for hydroxylation is 2. The summed E-state index contributed by atoms with van der Waals surface area (Å²) >= 11 is 0. The summed E-state index contributed by atoms with van der Waals surface area (Å²) in [5.74, 6) is 0. The van der Waals surface area contributed by atoms with Crippen LogP contribution in [-0.4, -0.2) is 23.0 Å². The summed E-state index contributed by atoms with van der Waals surface area (Å²) in [5.41, 5.74) is 6.78. The molecule has 0 amide bonds. The van der Waals surface area contributed by atoms with E-state index >= 15 is 0 Å². The van der Waals surface area contributed by atoms with E-state index < -0.39 is 0 Å². The third kappa shape index (κ3) is 3.97. The molecule has 2 aromatic carbocycles. The Morgan fingerprint density at radius 3 is 2.36 bits per heavy atom. The summed E-state index contributed by atoms with van der Waals surface area (Å²) in [4.78, 5) is 0. The molecule has 128 valence electrons. The second kappa shape index (κ2) is 7.34. The molecule has 0 unspecified atom stereocenters.